The van der Waals surface area contributed by atoms with Crippen molar-refractivity contribution in [3.63, 3.8) is 0 Å². The summed E-state index contributed by atoms with van der Waals surface area (Å²) in [6, 6.07) is 5.05. The topological polar surface area (TPSA) is 110 Å². The molecule has 0 bridgehead atoms. The molecule has 0 atom stereocenters. The Hall–Kier alpha value is -3.54. The van der Waals surface area contributed by atoms with E-state index in [1.54, 1.807) is 23.1 Å². The van der Waals surface area contributed by atoms with Gasteiger partial charge in [-0.1, -0.05) is 12.8 Å². The zero-order valence-electron chi connectivity index (χ0n) is 19.7. The Balaban J connectivity index is 1.49. The van der Waals surface area contributed by atoms with Gasteiger partial charge in [-0.2, -0.15) is 13.8 Å². The van der Waals surface area contributed by atoms with Gasteiger partial charge in [-0.05, 0) is 31.0 Å². The molecule has 3 heterocycles. The molecule has 2 aromatic heterocycles. The predicted octanol–water partition coefficient (Wildman–Crippen LogP) is 4.38. The standard InChI is InChI=1S/C23H24ClF2N7O3/c1-32-16-11-27-22(29-19(16)33(14-5-3-4-6-14)12-23(25,26)21(32)34)28-15-8-7-13(9-17(15)35-2)20-31-30-18(10-24)36-20/h7-9,11,14H,3-6,10,12H2,1-2H3,(H,27,28,29). The van der Waals surface area contributed by atoms with Crippen molar-refractivity contribution < 1.29 is 22.7 Å². The monoisotopic (exact) mass is 519 g/mol. The van der Waals surface area contributed by atoms with Crippen LogP contribution in [0, 0.1) is 0 Å². The average Bonchev–Trinajstić information content (AvgIpc) is 3.58. The predicted molar refractivity (Wildman–Crippen MR) is 129 cm³/mol. The molecule has 36 heavy (non-hydrogen) atoms. The van der Waals surface area contributed by atoms with E-state index >= 15 is 0 Å². The van der Waals surface area contributed by atoms with Crippen molar-refractivity contribution in [2.24, 2.45) is 0 Å². The Morgan fingerprint density at radius 3 is 2.75 bits per heavy atom. The highest BCUT2D eigenvalue weighted by Crippen LogP contribution is 2.40. The Bertz CT molecular complexity index is 1280. The van der Waals surface area contributed by atoms with E-state index < -0.39 is 18.4 Å². The van der Waals surface area contributed by atoms with Crippen LogP contribution in [0.4, 0.5) is 31.9 Å². The van der Waals surface area contributed by atoms with Crippen LogP contribution in [0.25, 0.3) is 11.5 Å². The second-order valence-electron chi connectivity index (χ2n) is 8.71. The molecule has 1 amide bonds. The summed E-state index contributed by atoms with van der Waals surface area (Å²) in [4.78, 5) is 23.8. The van der Waals surface area contributed by atoms with Gasteiger partial charge in [0.05, 0.1) is 25.5 Å². The molecule has 0 spiro atoms. The summed E-state index contributed by atoms with van der Waals surface area (Å²) in [5.41, 5.74) is 1.40. The summed E-state index contributed by atoms with van der Waals surface area (Å²) in [5.74, 6) is -3.21. The average molecular weight is 520 g/mol. The first-order valence-corrected chi connectivity index (χ1v) is 12.0. The summed E-state index contributed by atoms with van der Waals surface area (Å²) >= 11 is 5.74. The van der Waals surface area contributed by atoms with E-state index in [0.717, 1.165) is 30.6 Å². The summed E-state index contributed by atoms with van der Waals surface area (Å²) < 4.78 is 40.6. The second kappa shape index (κ2) is 9.49. The molecule has 190 valence electrons. The number of methoxy groups -OCH3 is 1. The first-order valence-electron chi connectivity index (χ1n) is 11.4. The maximum absolute atomic E-state index is 14.8. The van der Waals surface area contributed by atoms with E-state index in [9.17, 15) is 13.6 Å². The maximum Gasteiger partial charge on any atom is 0.342 e. The van der Waals surface area contributed by atoms with Crippen LogP contribution in [0.5, 0.6) is 5.75 Å². The fraction of sp³-hybridized carbons (Fsp3) is 0.435. The van der Waals surface area contributed by atoms with Crippen LogP contribution in [-0.2, 0) is 10.7 Å². The number of nitrogens with zero attached hydrogens (tertiary/aromatic N) is 6. The summed E-state index contributed by atoms with van der Waals surface area (Å²) in [6.45, 7) is -0.725. The Morgan fingerprint density at radius 2 is 2.06 bits per heavy atom. The molecule has 10 nitrogen and oxygen atoms in total. The Morgan fingerprint density at radius 1 is 1.28 bits per heavy atom. The number of rotatable bonds is 6. The maximum atomic E-state index is 14.8. The number of alkyl halides is 3. The largest absolute Gasteiger partial charge is 0.495 e. The number of hydrogen-bond donors (Lipinski definition) is 1. The molecule has 1 aliphatic heterocycles. The third-order valence-electron chi connectivity index (χ3n) is 6.41. The normalized spacial score (nSPS) is 17.8. The molecule has 0 unspecified atom stereocenters. The van der Waals surface area contributed by atoms with Crippen LogP contribution >= 0.6 is 11.6 Å². The zero-order chi connectivity index (χ0) is 25.4. The van der Waals surface area contributed by atoms with Crippen LogP contribution in [0.3, 0.4) is 0 Å². The van der Waals surface area contributed by atoms with Gasteiger partial charge >= 0.3 is 5.92 Å². The minimum Gasteiger partial charge on any atom is -0.495 e. The first kappa shape index (κ1) is 24.2. The van der Waals surface area contributed by atoms with E-state index in [1.165, 1.54) is 20.4 Å². The van der Waals surface area contributed by atoms with Crippen LogP contribution in [0.15, 0.2) is 28.8 Å². The van der Waals surface area contributed by atoms with Gasteiger partial charge in [0.2, 0.25) is 17.7 Å². The fourth-order valence-electron chi connectivity index (χ4n) is 4.58. The SMILES string of the molecule is COc1cc(-c2nnc(CCl)o2)ccc1Nc1ncc2c(n1)N(C1CCCC1)CC(F)(F)C(=O)N2C. The molecule has 2 aliphatic rings. The van der Waals surface area contributed by atoms with Gasteiger partial charge in [0.15, 0.2) is 5.82 Å². The van der Waals surface area contributed by atoms with Crippen LogP contribution in [0.1, 0.15) is 31.6 Å². The van der Waals surface area contributed by atoms with Crippen molar-refractivity contribution in [2.75, 3.05) is 35.8 Å². The van der Waals surface area contributed by atoms with Gasteiger partial charge < -0.3 is 24.3 Å². The second-order valence-corrected chi connectivity index (χ2v) is 8.98. The minimum absolute atomic E-state index is 0.101. The lowest BCUT2D eigenvalue weighted by atomic mass is 10.2. The summed E-state index contributed by atoms with van der Waals surface area (Å²) in [6.07, 6.45) is 4.79. The van der Waals surface area contributed by atoms with Crippen LogP contribution in [0.2, 0.25) is 0 Å². The summed E-state index contributed by atoms with van der Waals surface area (Å²) in [7, 11) is 2.82. The number of benzene rings is 1. The van der Waals surface area contributed by atoms with Gasteiger partial charge in [0, 0.05) is 18.7 Å². The number of fused-ring (bicyclic) bond motifs is 1. The van der Waals surface area contributed by atoms with E-state index in [1.807, 2.05) is 0 Å². The number of carbonyl (C=O) groups excluding carboxylic acids is 1. The van der Waals surface area contributed by atoms with Crippen molar-refractivity contribution in [3.8, 4) is 17.2 Å². The highest BCUT2D eigenvalue weighted by atomic mass is 35.5. The molecule has 1 N–H and O–H groups in total. The Labute approximate surface area is 210 Å². The summed E-state index contributed by atoms with van der Waals surface area (Å²) in [5, 5.41) is 10.9. The smallest absolute Gasteiger partial charge is 0.342 e. The van der Waals surface area contributed by atoms with E-state index in [0.29, 0.717) is 28.7 Å². The minimum atomic E-state index is -3.54. The first-order chi connectivity index (χ1) is 17.3. The quantitative estimate of drug-likeness (QED) is 0.474. The van der Waals surface area contributed by atoms with Crippen molar-refractivity contribution >= 4 is 40.6 Å². The van der Waals surface area contributed by atoms with Gasteiger partial charge in [0.1, 0.15) is 17.3 Å². The number of ether oxygens (including phenoxy) is 1. The van der Waals surface area contributed by atoms with Crippen molar-refractivity contribution in [3.05, 3.63) is 30.3 Å². The molecule has 1 fully saturated rings. The molecular weight excluding hydrogens is 496 g/mol. The molecule has 3 aromatic rings. The lowest BCUT2D eigenvalue weighted by Gasteiger charge is -2.31. The highest BCUT2D eigenvalue weighted by molar-refractivity contribution is 6.16. The molecule has 5 rings (SSSR count). The third-order valence-corrected chi connectivity index (χ3v) is 6.64. The number of amides is 1. The Kier molecular flexibility index (Phi) is 6.37. The fourth-order valence-corrected chi connectivity index (χ4v) is 4.68. The number of carbonyl (C=O) groups is 1. The van der Waals surface area contributed by atoms with Gasteiger partial charge in [0.25, 0.3) is 5.91 Å². The lowest BCUT2D eigenvalue weighted by Crippen LogP contribution is -2.48. The van der Waals surface area contributed by atoms with Gasteiger partial charge in [-0.25, -0.2) is 4.98 Å². The lowest BCUT2D eigenvalue weighted by molar-refractivity contribution is -0.140. The van der Waals surface area contributed by atoms with Crippen LogP contribution < -0.4 is 19.9 Å². The molecule has 1 aliphatic carbocycles. The van der Waals surface area contributed by atoms with E-state index in [2.05, 4.69) is 25.5 Å². The van der Waals surface area contributed by atoms with Crippen molar-refractivity contribution in [1.29, 1.82) is 0 Å². The number of halogens is 3. The molecular formula is C23H24ClF2N7O3. The number of nitrogens with one attached hydrogen (secondary N) is 1. The molecule has 0 radical (unpaired) electrons. The van der Waals surface area contributed by atoms with Gasteiger partial charge in [-0.3, -0.25) is 4.79 Å². The van der Waals surface area contributed by atoms with Crippen molar-refractivity contribution in [1.82, 2.24) is 20.2 Å². The molecule has 13 heteroatoms. The van der Waals surface area contributed by atoms with E-state index in [4.69, 9.17) is 20.8 Å². The third kappa shape index (κ3) is 4.41. The molecule has 0 saturated heterocycles. The van der Waals surface area contributed by atoms with Crippen LogP contribution in [-0.4, -0.2) is 58.7 Å². The zero-order valence-corrected chi connectivity index (χ0v) is 20.4. The number of anilines is 4. The number of aromatic nitrogens is 4. The highest BCUT2D eigenvalue weighted by Gasteiger charge is 2.48. The van der Waals surface area contributed by atoms with Gasteiger partial charge in [-0.15, -0.1) is 21.8 Å². The number of hydrogen-bond acceptors (Lipinski definition) is 9. The molecule has 1 aromatic carbocycles. The van der Waals surface area contributed by atoms with Crippen molar-refractivity contribution in [2.45, 2.75) is 43.5 Å². The molecule has 1 saturated carbocycles. The van der Waals surface area contributed by atoms with E-state index in [-0.39, 0.29) is 29.4 Å².